The van der Waals surface area contributed by atoms with Crippen LogP contribution in [0, 0.1) is 10.1 Å². The molecule has 2 aliphatic rings. The van der Waals surface area contributed by atoms with Gasteiger partial charge in [0.25, 0.3) is 5.69 Å². The van der Waals surface area contributed by atoms with E-state index in [2.05, 4.69) is 5.32 Å². The summed E-state index contributed by atoms with van der Waals surface area (Å²) in [5.41, 5.74) is 1.99. The van der Waals surface area contributed by atoms with E-state index in [0.29, 0.717) is 50.4 Å². The monoisotopic (exact) mass is 318 g/mol. The van der Waals surface area contributed by atoms with Crippen molar-refractivity contribution in [1.29, 1.82) is 0 Å². The molecule has 1 fully saturated rings. The molecule has 23 heavy (non-hydrogen) atoms. The van der Waals surface area contributed by atoms with Gasteiger partial charge in [0.05, 0.1) is 10.6 Å². The van der Waals surface area contributed by atoms with Crippen molar-refractivity contribution < 1.29 is 14.5 Å². The number of nitro benzene ring substituents is 1. The first kappa shape index (κ1) is 15.3. The van der Waals surface area contributed by atoms with Gasteiger partial charge in [-0.1, -0.05) is 0 Å². The highest BCUT2D eigenvalue weighted by Gasteiger charge is 2.28. The molecule has 0 unspecified atom stereocenters. The van der Waals surface area contributed by atoms with Gasteiger partial charge in [-0.3, -0.25) is 19.7 Å². The van der Waals surface area contributed by atoms with Crippen LogP contribution < -0.4 is 10.2 Å². The van der Waals surface area contributed by atoms with Gasteiger partial charge in [0.15, 0.2) is 0 Å². The van der Waals surface area contributed by atoms with Crippen LogP contribution >= 0.6 is 0 Å². The third kappa shape index (κ3) is 2.96. The number of piperazine rings is 1. The summed E-state index contributed by atoms with van der Waals surface area (Å²) < 4.78 is 0. The lowest BCUT2D eigenvalue weighted by atomic mass is 10.0. The molecule has 0 radical (unpaired) electrons. The molecule has 1 aromatic rings. The number of rotatable bonds is 2. The number of nitrogens with zero attached hydrogens (tertiary/aromatic N) is 3. The number of nitro groups is 1. The number of nitrogens with one attached hydrogen (secondary N) is 1. The second-order valence-corrected chi connectivity index (χ2v) is 5.80. The number of amides is 2. The SMILES string of the molecule is CC(=O)N1CCN(c2cc3c(cc2[N+](=O)[O-])NC(=O)CC3)CC1. The Kier molecular flexibility index (Phi) is 3.89. The average Bonchev–Trinajstić information content (AvgIpc) is 2.53. The molecule has 0 saturated carbocycles. The predicted molar refractivity (Wildman–Crippen MR) is 84.5 cm³/mol. The highest BCUT2D eigenvalue weighted by molar-refractivity contribution is 5.95. The average molecular weight is 318 g/mol. The van der Waals surface area contributed by atoms with Crippen molar-refractivity contribution in [2.45, 2.75) is 19.8 Å². The Morgan fingerprint density at radius 2 is 1.91 bits per heavy atom. The molecule has 122 valence electrons. The van der Waals surface area contributed by atoms with Crippen molar-refractivity contribution in [1.82, 2.24) is 4.90 Å². The maximum absolute atomic E-state index is 11.5. The van der Waals surface area contributed by atoms with E-state index in [9.17, 15) is 19.7 Å². The fraction of sp³-hybridized carbons (Fsp3) is 0.467. The minimum Gasteiger partial charge on any atom is -0.362 e. The van der Waals surface area contributed by atoms with Gasteiger partial charge in [0.1, 0.15) is 5.69 Å². The molecule has 0 bridgehead atoms. The van der Waals surface area contributed by atoms with Crippen LogP contribution in [0.3, 0.4) is 0 Å². The van der Waals surface area contributed by atoms with Gasteiger partial charge in [-0.05, 0) is 18.1 Å². The van der Waals surface area contributed by atoms with E-state index in [-0.39, 0.29) is 17.5 Å². The number of benzene rings is 1. The fourth-order valence-electron chi connectivity index (χ4n) is 3.07. The number of carbonyl (C=O) groups excluding carboxylic acids is 2. The quantitative estimate of drug-likeness (QED) is 0.652. The Labute approximate surface area is 133 Å². The van der Waals surface area contributed by atoms with Crippen LogP contribution in [0.1, 0.15) is 18.9 Å². The Balaban J connectivity index is 1.91. The molecule has 0 atom stereocenters. The van der Waals surface area contributed by atoms with Gasteiger partial charge >= 0.3 is 0 Å². The zero-order valence-corrected chi connectivity index (χ0v) is 12.9. The van der Waals surface area contributed by atoms with E-state index in [1.807, 2.05) is 4.90 Å². The van der Waals surface area contributed by atoms with Gasteiger partial charge in [0, 0.05) is 45.6 Å². The molecule has 2 aliphatic heterocycles. The Morgan fingerprint density at radius 1 is 1.22 bits per heavy atom. The van der Waals surface area contributed by atoms with Crippen LogP contribution in [-0.4, -0.2) is 47.8 Å². The second-order valence-electron chi connectivity index (χ2n) is 5.80. The van der Waals surface area contributed by atoms with Gasteiger partial charge < -0.3 is 15.1 Å². The summed E-state index contributed by atoms with van der Waals surface area (Å²) in [5.74, 6) is -0.0954. The first-order chi connectivity index (χ1) is 11.0. The van der Waals surface area contributed by atoms with Crippen molar-refractivity contribution in [2.24, 2.45) is 0 Å². The first-order valence-electron chi connectivity index (χ1n) is 7.57. The summed E-state index contributed by atoms with van der Waals surface area (Å²) >= 11 is 0. The number of hydrogen-bond acceptors (Lipinski definition) is 5. The number of carbonyl (C=O) groups is 2. The van der Waals surface area contributed by atoms with E-state index in [4.69, 9.17) is 0 Å². The van der Waals surface area contributed by atoms with Gasteiger partial charge in [-0.25, -0.2) is 0 Å². The molecule has 8 nitrogen and oxygen atoms in total. The van der Waals surface area contributed by atoms with Crippen LogP contribution in [0.5, 0.6) is 0 Å². The third-order valence-corrected chi connectivity index (χ3v) is 4.36. The van der Waals surface area contributed by atoms with Crippen LogP contribution in [0.25, 0.3) is 0 Å². The Bertz CT molecular complexity index is 680. The van der Waals surface area contributed by atoms with Crippen LogP contribution in [0.4, 0.5) is 17.1 Å². The minimum atomic E-state index is -0.423. The highest BCUT2D eigenvalue weighted by Crippen LogP contribution is 2.36. The number of anilines is 2. The summed E-state index contributed by atoms with van der Waals surface area (Å²) in [6.07, 6.45) is 0.974. The number of aryl methyl sites for hydroxylation is 1. The van der Waals surface area contributed by atoms with Crippen molar-refractivity contribution >= 4 is 28.9 Å². The standard InChI is InChI=1S/C15H18N4O4/c1-10(20)17-4-6-18(7-5-17)13-8-11-2-3-15(21)16-12(11)9-14(13)19(22)23/h8-9H,2-7H2,1H3,(H,16,21). The Hall–Kier alpha value is -2.64. The molecule has 3 rings (SSSR count). The molecule has 1 aromatic carbocycles. The maximum Gasteiger partial charge on any atom is 0.294 e. The maximum atomic E-state index is 11.5. The van der Waals surface area contributed by atoms with E-state index in [1.165, 1.54) is 13.0 Å². The fourth-order valence-corrected chi connectivity index (χ4v) is 3.07. The third-order valence-electron chi connectivity index (χ3n) is 4.36. The summed E-state index contributed by atoms with van der Waals surface area (Å²) in [5, 5.41) is 14.1. The molecule has 1 N–H and O–H groups in total. The molecule has 2 amide bonds. The molecule has 0 aromatic heterocycles. The normalized spacial score (nSPS) is 17.5. The zero-order chi connectivity index (χ0) is 16.6. The molecule has 2 heterocycles. The van der Waals surface area contributed by atoms with E-state index < -0.39 is 4.92 Å². The Morgan fingerprint density at radius 3 is 2.52 bits per heavy atom. The molecular weight excluding hydrogens is 300 g/mol. The zero-order valence-electron chi connectivity index (χ0n) is 12.9. The van der Waals surface area contributed by atoms with Gasteiger partial charge in [0.2, 0.25) is 11.8 Å². The van der Waals surface area contributed by atoms with Gasteiger partial charge in [-0.15, -0.1) is 0 Å². The molecule has 0 aliphatic carbocycles. The molecule has 8 heteroatoms. The van der Waals surface area contributed by atoms with Gasteiger partial charge in [-0.2, -0.15) is 0 Å². The lowest BCUT2D eigenvalue weighted by molar-refractivity contribution is -0.384. The summed E-state index contributed by atoms with van der Waals surface area (Å²) in [7, 11) is 0. The smallest absolute Gasteiger partial charge is 0.294 e. The van der Waals surface area contributed by atoms with Crippen molar-refractivity contribution in [3.05, 3.63) is 27.8 Å². The highest BCUT2D eigenvalue weighted by atomic mass is 16.6. The molecule has 1 saturated heterocycles. The molecular formula is C15H18N4O4. The van der Waals surface area contributed by atoms with Crippen LogP contribution in [0.15, 0.2) is 12.1 Å². The van der Waals surface area contributed by atoms with Crippen LogP contribution in [-0.2, 0) is 16.0 Å². The summed E-state index contributed by atoms with van der Waals surface area (Å²) in [4.78, 5) is 37.5. The lowest BCUT2D eigenvalue weighted by Crippen LogP contribution is -2.48. The van der Waals surface area contributed by atoms with E-state index in [0.717, 1.165) is 5.56 Å². The molecule has 0 spiro atoms. The minimum absolute atomic E-state index is 0.0118. The topological polar surface area (TPSA) is 95.8 Å². The van der Waals surface area contributed by atoms with Crippen molar-refractivity contribution in [3.8, 4) is 0 Å². The first-order valence-corrected chi connectivity index (χ1v) is 7.57. The lowest BCUT2D eigenvalue weighted by Gasteiger charge is -2.35. The number of hydrogen-bond donors (Lipinski definition) is 1. The van der Waals surface area contributed by atoms with E-state index >= 15 is 0 Å². The summed E-state index contributed by atoms with van der Waals surface area (Å²) in [6, 6.07) is 3.25. The second kappa shape index (κ2) is 5.86. The number of fused-ring (bicyclic) bond motifs is 1. The van der Waals surface area contributed by atoms with Crippen molar-refractivity contribution in [2.75, 3.05) is 36.4 Å². The van der Waals surface area contributed by atoms with E-state index in [1.54, 1.807) is 11.0 Å². The van der Waals surface area contributed by atoms with Crippen LogP contribution in [0.2, 0.25) is 0 Å². The van der Waals surface area contributed by atoms with Crippen molar-refractivity contribution in [3.63, 3.8) is 0 Å². The summed E-state index contributed by atoms with van der Waals surface area (Å²) in [6.45, 7) is 3.76. The predicted octanol–water partition coefficient (Wildman–Crippen LogP) is 1.15. The largest absolute Gasteiger partial charge is 0.362 e.